The molecule has 0 aliphatic carbocycles. The molecule has 2 N–H and O–H groups in total. The lowest BCUT2D eigenvalue weighted by atomic mass is 10.1. The Bertz CT molecular complexity index is 920. The van der Waals surface area contributed by atoms with E-state index in [-0.39, 0.29) is 16.3 Å². The van der Waals surface area contributed by atoms with Gasteiger partial charge in [-0.05, 0) is 30.3 Å². The van der Waals surface area contributed by atoms with Crippen LogP contribution in [0.3, 0.4) is 0 Å². The monoisotopic (exact) mass is 390 g/mol. The van der Waals surface area contributed by atoms with E-state index in [1.165, 1.54) is 24.3 Å². The van der Waals surface area contributed by atoms with Crippen LogP contribution in [0.15, 0.2) is 48.0 Å². The molecule has 2 aromatic rings. The van der Waals surface area contributed by atoms with E-state index in [9.17, 15) is 14.9 Å². The zero-order chi connectivity index (χ0) is 19.1. The molecular formula is C18H12Cl2N2O4. The van der Waals surface area contributed by atoms with Gasteiger partial charge in [0.05, 0.1) is 10.7 Å². The fourth-order valence-corrected chi connectivity index (χ4v) is 2.41. The van der Waals surface area contributed by atoms with E-state index in [0.717, 1.165) is 0 Å². The molecule has 0 atom stereocenters. The standard InChI is InChI=1S/C18H12Cl2N2O4/c19-13-5-6-15(14(20)8-13)22-18(25)12(9-21)7-11-3-1-2-4-16(11)26-10-17(23)24/h1-8H,10H2,(H,22,25)(H,23,24). The molecule has 0 saturated heterocycles. The Morgan fingerprint density at radius 3 is 2.62 bits per heavy atom. The Hall–Kier alpha value is -3.01. The number of carboxylic acids is 1. The van der Waals surface area contributed by atoms with E-state index in [0.29, 0.717) is 16.3 Å². The van der Waals surface area contributed by atoms with Gasteiger partial charge in [-0.3, -0.25) is 4.79 Å². The van der Waals surface area contributed by atoms with Crippen LogP contribution in [0.4, 0.5) is 5.69 Å². The van der Waals surface area contributed by atoms with E-state index in [4.69, 9.17) is 33.0 Å². The topological polar surface area (TPSA) is 99.4 Å². The number of nitriles is 1. The first-order valence-corrected chi connectivity index (χ1v) is 7.98. The van der Waals surface area contributed by atoms with Gasteiger partial charge in [-0.15, -0.1) is 0 Å². The van der Waals surface area contributed by atoms with Crippen LogP contribution < -0.4 is 10.1 Å². The normalized spacial score (nSPS) is 10.7. The third-order valence-corrected chi connectivity index (χ3v) is 3.66. The summed E-state index contributed by atoms with van der Waals surface area (Å²) in [6.45, 7) is -0.542. The highest BCUT2D eigenvalue weighted by atomic mass is 35.5. The molecule has 0 saturated carbocycles. The van der Waals surface area contributed by atoms with Crippen LogP contribution in [0.5, 0.6) is 5.75 Å². The molecule has 2 aromatic carbocycles. The van der Waals surface area contributed by atoms with Crippen LogP contribution in [0.2, 0.25) is 10.0 Å². The first-order valence-electron chi connectivity index (χ1n) is 7.22. The van der Waals surface area contributed by atoms with Crippen LogP contribution in [-0.4, -0.2) is 23.6 Å². The fraction of sp³-hybridized carbons (Fsp3) is 0.0556. The van der Waals surface area contributed by atoms with Crippen molar-refractivity contribution in [2.45, 2.75) is 0 Å². The number of benzene rings is 2. The van der Waals surface area contributed by atoms with E-state index in [2.05, 4.69) is 5.32 Å². The van der Waals surface area contributed by atoms with Gasteiger partial charge in [-0.25, -0.2) is 4.79 Å². The van der Waals surface area contributed by atoms with Crippen molar-refractivity contribution < 1.29 is 19.4 Å². The first-order chi connectivity index (χ1) is 12.4. The van der Waals surface area contributed by atoms with Crippen LogP contribution in [0, 0.1) is 11.3 Å². The zero-order valence-corrected chi connectivity index (χ0v) is 14.7. The number of amides is 1. The van der Waals surface area contributed by atoms with Crippen LogP contribution in [0.25, 0.3) is 6.08 Å². The molecule has 0 aromatic heterocycles. The third kappa shape index (κ3) is 5.24. The SMILES string of the molecule is N#CC(=Cc1ccccc1OCC(=O)O)C(=O)Nc1ccc(Cl)cc1Cl. The molecule has 0 aliphatic heterocycles. The average Bonchev–Trinajstić information content (AvgIpc) is 2.60. The van der Waals surface area contributed by atoms with Crippen LogP contribution in [0.1, 0.15) is 5.56 Å². The lowest BCUT2D eigenvalue weighted by molar-refractivity contribution is -0.139. The first kappa shape index (κ1) is 19.3. The minimum atomic E-state index is -1.14. The summed E-state index contributed by atoms with van der Waals surface area (Å²) < 4.78 is 5.15. The number of carbonyl (C=O) groups is 2. The lowest BCUT2D eigenvalue weighted by Gasteiger charge is -2.09. The number of rotatable bonds is 6. The number of ether oxygens (including phenoxy) is 1. The maximum absolute atomic E-state index is 12.3. The Morgan fingerprint density at radius 2 is 1.96 bits per heavy atom. The Kier molecular flexibility index (Phi) is 6.61. The van der Waals surface area contributed by atoms with Gasteiger partial charge in [0.1, 0.15) is 17.4 Å². The predicted octanol–water partition coefficient (Wildman–Crippen LogP) is 4.00. The maximum Gasteiger partial charge on any atom is 0.341 e. The van der Waals surface area contributed by atoms with Crippen molar-refractivity contribution in [1.29, 1.82) is 5.26 Å². The Balaban J connectivity index is 2.26. The highest BCUT2D eigenvalue weighted by Gasteiger charge is 2.13. The summed E-state index contributed by atoms with van der Waals surface area (Å²) in [4.78, 5) is 23.0. The zero-order valence-electron chi connectivity index (χ0n) is 13.2. The molecule has 1 amide bonds. The van der Waals surface area contributed by atoms with Crippen molar-refractivity contribution >= 4 is 46.8 Å². The van der Waals surface area contributed by atoms with E-state index < -0.39 is 18.5 Å². The van der Waals surface area contributed by atoms with Gasteiger partial charge < -0.3 is 15.2 Å². The van der Waals surface area contributed by atoms with Gasteiger partial charge in [-0.2, -0.15) is 5.26 Å². The number of nitrogens with one attached hydrogen (secondary N) is 1. The number of para-hydroxylation sites is 1. The van der Waals surface area contributed by atoms with Gasteiger partial charge in [0.25, 0.3) is 5.91 Å². The second-order valence-corrected chi connectivity index (χ2v) is 5.81. The van der Waals surface area contributed by atoms with Crippen molar-refractivity contribution in [3.05, 3.63) is 63.6 Å². The number of aliphatic carboxylic acids is 1. The third-order valence-electron chi connectivity index (χ3n) is 3.11. The number of carbonyl (C=O) groups excluding carboxylic acids is 1. The highest BCUT2D eigenvalue weighted by Crippen LogP contribution is 2.26. The van der Waals surface area contributed by atoms with Crippen LogP contribution >= 0.6 is 23.2 Å². The van der Waals surface area contributed by atoms with Gasteiger partial charge in [0, 0.05) is 10.6 Å². The highest BCUT2D eigenvalue weighted by molar-refractivity contribution is 6.36. The molecule has 26 heavy (non-hydrogen) atoms. The number of hydrogen-bond acceptors (Lipinski definition) is 4. The molecule has 0 bridgehead atoms. The second kappa shape index (κ2) is 8.90. The molecule has 2 rings (SSSR count). The summed E-state index contributed by atoms with van der Waals surface area (Å²) in [5, 5.41) is 21.2. The molecule has 0 radical (unpaired) electrons. The number of nitrogens with zero attached hydrogens (tertiary/aromatic N) is 1. The molecular weight excluding hydrogens is 379 g/mol. The van der Waals surface area contributed by atoms with Gasteiger partial charge in [-0.1, -0.05) is 41.4 Å². The summed E-state index contributed by atoms with van der Waals surface area (Å²) in [7, 11) is 0. The summed E-state index contributed by atoms with van der Waals surface area (Å²) in [5.74, 6) is -1.58. The molecule has 0 spiro atoms. The quantitative estimate of drug-likeness (QED) is 0.573. The Labute approximate surface area is 159 Å². The summed E-state index contributed by atoms with van der Waals surface area (Å²) in [6, 6.07) is 12.8. The van der Waals surface area contributed by atoms with E-state index in [1.807, 2.05) is 0 Å². The van der Waals surface area contributed by atoms with Gasteiger partial charge >= 0.3 is 5.97 Å². The predicted molar refractivity (Wildman–Crippen MR) is 98.3 cm³/mol. The molecule has 0 unspecified atom stereocenters. The average molecular weight is 391 g/mol. The molecule has 6 nitrogen and oxygen atoms in total. The Morgan fingerprint density at radius 1 is 1.23 bits per heavy atom. The minimum absolute atomic E-state index is 0.206. The second-order valence-electron chi connectivity index (χ2n) is 4.97. The van der Waals surface area contributed by atoms with Crippen molar-refractivity contribution in [3.63, 3.8) is 0 Å². The van der Waals surface area contributed by atoms with Crippen molar-refractivity contribution in [2.24, 2.45) is 0 Å². The molecule has 0 aliphatic rings. The van der Waals surface area contributed by atoms with Gasteiger partial charge in [0.15, 0.2) is 6.61 Å². The fourth-order valence-electron chi connectivity index (χ4n) is 1.96. The number of anilines is 1. The van der Waals surface area contributed by atoms with Crippen molar-refractivity contribution in [3.8, 4) is 11.8 Å². The molecule has 0 fully saturated rings. The lowest BCUT2D eigenvalue weighted by Crippen LogP contribution is -2.14. The van der Waals surface area contributed by atoms with Crippen molar-refractivity contribution in [2.75, 3.05) is 11.9 Å². The molecule has 0 heterocycles. The van der Waals surface area contributed by atoms with Crippen LogP contribution in [-0.2, 0) is 9.59 Å². The van der Waals surface area contributed by atoms with Crippen molar-refractivity contribution in [1.82, 2.24) is 0 Å². The van der Waals surface area contributed by atoms with E-state index >= 15 is 0 Å². The summed E-state index contributed by atoms with van der Waals surface area (Å²) in [6.07, 6.45) is 1.30. The number of carboxylic acid groups (broad SMARTS) is 1. The molecule has 132 valence electrons. The minimum Gasteiger partial charge on any atom is -0.481 e. The summed E-state index contributed by atoms with van der Waals surface area (Å²) >= 11 is 11.8. The number of hydrogen-bond donors (Lipinski definition) is 2. The largest absolute Gasteiger partial charge is 0.481 e. The smallest absolute Gasteiger partial charge is 0.341 e. The number of halogens is 2. The van der Waals surface area contributed by atoms with Gasteiger partial charge in [0.2, 0.25) is 0 Å². The van der Waals surface area contributed by atoms with E-state index in [1.54, 1.807) is 30.3 Å². The summed E-state index contributed by atoms with van der Waals surface area (Å²) in [5.41, 5.74) is 0.489. The maximum atomic E-state index is 12.3. The molecule has 8 heteroatoms.